The first-order valence-corrected chi connectivity index (χ1v) is 5.88. The first-order chi connectivity index (χ1) is 8.35. The van der Waals surface area contributed by atoms with Gasteiger partial charge in [-0.25, -0.2) is 5.43 Å². The minimum absolute atomic E-state index is 0.00167. The van der Waals surface area contributed by atoms with E-state index < -0.39 is 0 Å². The summed E-state index contributed by atoms with van der Waals surface area (Å²) < 4.78 is 1.95. The van der Waals surface area contributed by atoms with E-state index in [0.29, 0.717) is 0 Å². The monoisotopic (exact) mass is 230 g/mol. The summed E-state index contributed by atoms with van der Waals surface area (Å²) in [6.45, 7) is 3.07. The number of aromatic nitrogens is 2. The molecule has 17 heavy (non-hydrogen) atoms. The lowest BCUT2D eigenvalue weighted by Crippen LogP contribution is -2.28. The van der Waals surface area contributed by atoms with Gasteiger partial charge in [0.2, 0.25) is 0 Å². The Bertz CT molecular complexity index is 449. The van der Waals surface area contributed by atoms with Gasteiger partial charge in [0.15, 0.2) is 0 Å². The van der Waals surface area contributed by atoms with Gasteiger partial charge in [0.05, 0.1) is 12.2 Å². The predicted octanol–water partition coefficient (Wildman–Crippen LogP) is 1.85. The average Bonchev–Trinajstić information content (AvgIpc) is 2.81. The largest absolute Gasteiger partial charge is 0.272 e. The molecule has 1 aromatic carbocycles. The Morgan fingerprint density at radius 1 is 1.29 bits per heavy atom. The summed E-state index contributed by atoms with van der Waals surface area (Å²) in [4.78, 5) is 0. The third-order valence-electron chi connectivity index (χ3n) is 2.74. The highest BCUT2D eigenvalue weighted by atomic mass is 15.3. The van der Waals surface area contributed by atoms with Crippen molar-refractivity contribution in [3.05, 3.63) is 53.9 Å². The molecule has 1 heterocycles. The molecule has 2 rings (SSSR count). The van der Waals surface area contributed by atoms with Gasteiger partial charge >= 0.3 is 0 Å². The van der Waals surface area contributed by atoms with Crippen molar-refractivity contribution in [3.63, 3.8) is 0 Å². The third-order valence-corrected chi connectivity index (χ3v) is 2.74. The van der Waals surface area contributed by atoms with Crippen LogP contribution >= 0.6 is 0 Å². The number of rotatable bonds is 5. The van der Waals surface area contributed by atoms with Crippen molar-refractivity contribution in [2.24, 2.45) is 5.84 Å². The SMILES string of the molecule is CCCn1cc(C(NN)c2ccccc2)cn1. The van der Waals surface area contributed by atoms with E-state index in [1.807, 2.05) is 35.3 Å². The molecule has 3 N–H and O–H groups in total. The topological polar surface area (TPSA) is 55.9 Å². The van der Waals surface area contributed by atoms with Crippen LogP contribution in [0.2, 0.25) is 0 Å². The summed E-state index contributed by atoms with van der Waals surface area (Å²) in [7, 11) is 0. The van der Waals surface area contributed by atoms with E-state index in [1.54, 1.807) is 0 Å². The van der Waals surface area contributed by atoms with E-state index >= 15 is 0 Å². The van der Waals surface area contributed by atoms with E-state index in [0.717, 1.165) is 24.1 Å². The standard InChI is InChI=1S/C13H18N4/c1-2-8-17-10-12(9-15-17)13(16-14)11-6-4-3-5-7-11/h3-7,9-10,13,16H,2,8,14H2,1H3. The van der Waals surface area contributed by atoms with Gasteiger partial charge in [-0.05, 0) is 12.0 Å². The van der Waals surface area contributed by atoms with E-state index in [9.17, 15) is 0 Å². The molecule has 1 aromatic heterocycles. The highest BCUT2D eigenvalue weighted by Crippen LogP contribution is 2.20. The van der Waals surface area contributed by atoms with E-state index in [4.69, 9.17) is 5.84 Å². The maximum Gasteiger partial charge on any atom is 0.0740 e. The Morgan fingerprint density at radius 3 is 2.71 bits per heavy atom. The second-order valence-corrected chi connectivity index (χ2v) is 4.05. The average molecular weight is 230 g/mol. The molecule has 0 spiro atoms. The number of hydrogen-bond donors (Lipinski definition) is 2. The first kappa shape index (κ1) is 11.8. The quantitative estimate of drug-likeness (QED) is 0.609. The molecule has 0 radical (unpaired) electrons. The van der Waals surface area contributed by atoms with Gasteiger partial charge in [-0.1, -0.05) is 37.3 Å². The van der Waals surface area contributed by atoms with Crippen LogP contribution in [0.1, 0.15) is 30.5 Å². The van der Waals surface area contributed by atoms with Gasteiger partial charge in [0.25, 0.3) is 0 Å². The summed E-state index contributed by atoms with van der Waals surface area (Å²) in [6, 6.07) is 10.1. The zero-order valence-corrected chi connectivity index (χ0v) is 10.0. The van der Waals surface area contributed by atoms with E-state index in [-0.39, 0.29) is 6.04 Å². The molecule has 1 atom stereocenters. The lowest BCUT2D eigenvalue weighted by Gasteiger charge is -2.14. The van der Waals surface area contributed by atoms with Crippen LogP contribution in [0.4, 0.5) is 0 Å². The summed E-state index contributed by atoms with van der Waals surface area (Å²) in [6.07, 6.45) is 4.99. The number of nitrogens with one attached hydrogen (secondary N) is 1. The zero-order valence-electron chi connectivity index (χ0n) is 10.0. The van der Waals surface area contributed by atoms with E-state index in [1.165, 1.54) is 0 Å². The van der Waals surface area contributed by atoms with Crippen LogP contribution in [0.15, 0.2) is 42.7 Å². The Balaban J connectivity index is 2.23. The summed E-state index contributed by atoms with van der Waals surface area (Å²) >= 11 is 0. The number of nitrogens with two attached hydrogens (primary N) is 1. The van der Waals surface area contributed by atoms with Crippen LogP contribution in [0.3, 0.4) is 0 Å². The molecule has 0 amide bonds. The lowest BCUT2D eigenvalue weighted by atomic mass is 10.0. The third kappa shape index (κ3) is 2.72. The summed E-state index contributed by atoms with van der Waals surface area (Å²) in [5.41, 5.74) is 5.07. The molecule has 1 unspecified atom stereocenters. The molecule has 90 valence electrons. The van der Waals surface area contributed by atoms with Crippen molar-refractivity contribution in [2.45, 2.75) is 25.9 Å². The summed E-state index contributed by atoms with van der Waals surface area (Å²) in [5.74, 6) is 5.63. The van der Waals surface area contributed by atoms with Crippen molar-refractivity contribution in [2.75, 3.05) is 0 Å². The minimum atomic E-state index is 0.00167. The summed E-state index contributed by atoms with van der Waals surface area (Å²) in [5, 5.41) is 4.32. The number of aryl methyl sites for hydroxylation is 1. The lowest BCUT2D eigenvalue weighted by molar-refractivity contribution is 0.598. The Morgan fingerprint density at radius 2 is 2.06 bits per heavy atom. The fraction of sp³-hybridized carbons (Fsp3) is 0.308. The second kappa shape index (κ2) is 5.61. The van der Waals surface area contributed by atoms with Gasteiger partial charge in [0, 0.05) is 18.3 Å². The Hall–Kier alpha value is -1.65. The van der Waals surface area contributed by atoms with Crippen molar-refractivity contribution < 1.29 is 0 Å². The van der Waals surface area contributed by atoms with Gasteiger partial charge in [-0.2, -0.15) is 5.10 Å². The fourth-order valence-electron chi connectivity index (χ4n) is 1.91. The minimum Gasteiger partial charge on any atom is -0.272 e. The molecule has 0 saturated carbocycles. The van der Waals surface area contributed by atoms with Crippen LogP contribution in [0.25, 0.3) is 0 Å². The van der Waals surface area contributed by atoms with Crippen LogP contribution in [-0.2, 0) is 6.54 Å². The number of hydrogen-bond acceptors (Lipinski definition) is 3. The molecule has 0 bridgehead atoms. The number of nitrogens with zero attached hydrogens (tertiary/aromatic N) is 2. The van der Waals surface area contributed by atoms with Crippen LogP contribution in [-0.4, -0.2) is 9.78 Å². The number of benzene rings is 1. The van der Waals surface area contributed by atoms with Crippen LogP contribution < -0.4 is 11.3 Å². The van der Waals surface area contributed by atoms with Gasteiger partial charge in [0.1, 0.15) is 0 Å². The van der Waals surface area contributed by atoms with Gasteiger partial charge < -0.3 is 0 Å². The molecule has 0 aliphatic heterocycles. The predicted molar refractivity (Wildman–Crippen MR) is 68.1 cm³/mol. The fourth-order valence-corrected chi connectivity index (χ4v) is 1.91. The zero-order chi connectivity index (χ0) is 12.1. The van der Waals surface area contributed by atoms with Crippen LogP contribution in [0, 0.1) is 0 Å². The van der Waals surface area contributed by atoms with Crippen molar-refractivity contribution in [1.82, 2.24) is 15.2 Å². The molecular formula is C13H18N4. The molecule has 0 aliphatic carbocycles. The van der Waals surface area contributed by atoms with Crippen LogP contribution in [0.5, 0.6) is 0 Å². The Labute approximate surface area is 101 Å². The van der Waals surface area contributed by atoms with Crippen molar-refractivity contribution >= 4 is 0 Å². The highest BCUT2D eigenvalue weighted by molar-refractivity contribution is 5.28. The molecule has 4 heteroatoms. The maximum absolute atomic E-state index is 5.63. The molecule has 2 aromatic rings. The molecule has 0 saturated heterocycles. The number of hydrazine groups is 1. The molecule has 4 nitrogen and oxygen atoms in total. The van der Waals surface area contributed by atoms with E-state index in [2.05, 4.69) is 29.6 Å². The van der Waals surface area contributed by atoms with Gasteiger partial charge in [-0.3, -0.25) is 10.5 Å². The van der Waals surface area contributed by atoms with Gasteiger partial charge in [-0.15, -0.1) is 0 Å². The molecule has 0 fully saturated rings. The first-order valence-electron chi connectivity index (χ1n) is 5.88. The van der Waals surface area contributed by atoms with Crippen molar-refractivity contribution in [1.29, 1.82) is 0 Å². The smallest absolute Gasteiger partial charge is 0.0740 e. The van der Waals surface area contributed by atoms with Crippen molar-refractivity contribution in [3.8, 4) is 0 Å². The maximum atomic E-state index is 5.63. The normalized spacial score (nSPS) is 12.6. The molecular weight excluding hydrogens is 212 g/mol. The Kier molecular flexibility index (Phi) is 3.90. The highest BCUT2D eigenvalue weighted by Gasteiger charge is 2.13. The molecule has 0 aliphatic rings. The second-order valence-electron chi connectivity index (χ2n) is 4.05.